The molecule has 0 aliphatic rings. The maximum atomic E-state index is 8.59. The van der Waals surface area contributed by atoms with Gasteiger partial charge in [0.05, 0.1) is 12.1 Å². The predicted octanol–water partition coefficient (Wildman–Crippen LogP) is 0.221. The third kappa shape index (κ3) is 2.82. The van der Waals surface area contributed by atoms with E-state index in [0.29, 0.717) is 11.5 Å². The van der Waals surface area contributed by atoms with E-state index >= 15 is 0 Å². The molecule has 0 aromatic carbocycles. The van der Waals surface area contributed by atoms with Gasteiger partial charge in [-0.3, -0.25) is 0 Å². The summed E-state index contributed by atoms with van der Waals surface area (Å²) in [5.41, 5.74) is 6.18. The fraction of sp³-hybridized carbons (Fsp3) is 0.333. The Morgan fingerprint density at radius 1 is 1.33 bits per heavy atom. The van der Waals surface area contributed by atoms with Gasteiger partial charge in [0, 0.05) is 11.8 Å². The van der Waals surface area contributed by atoms with Gasteiger partial charge in [0.15, 0.2) is 0 Å². The Balaban J connectivity index is 3.01. The van der Waals surface area contributed by atoms with Crippen molar-refractivity contribution < 1.29 is 0 Å². The molecule has 15 heavy (non-hydrogen) atoms. The number of nitriles is 2. The summed E-state index contributed by atoms with van der Waals surface area (Å²) < 4.78 is 0. The van der Waals surface area contributed by atoms with Gasteiger partial charge < -0.3 is 10.6 Å². The highest BCUT2D eigenvalue weighted by molar-refractivity contribution is 5.45. The minimum atomic E-state index is 0.101. The lowest BCUT2D eigenvalue weighted by molar-refractivity contribution is 0.923. The molecule has 1 aromatic heterocycles. The van der Waals surface area contributed by atoms with Crippen molar-refractivity contribution in [2.75, 3.05) is 23.7 Å². The zero-order valence-corrected chi connectivity index (χ0v) is 8.30. The second-order valence-electron chi connectivity index (χ2n) is 2.90. The largest absolute Gasteiger partial charge is 0.368 e. The third-order valence-corrected chi connectivity index (χ3v) is 1.71. The van der Waals surface area contributed by atoms with Crippen LogP contribution < -0.4 is 10.6 Å². The van der Waals surface area contributed by atoms with Gasteiger partial charge in [0.1, 0.15) is 18.9 Å². The van der Waals surface area contributed by atoms with Crippen molar-refractivity contribution in [2.45, 2.75) is 6.92 Å². The van der Waals surface area contributed by atoms with Crippen LogP contribution in [0.3, 0.4) is 0 Å². The van der Waals surface area contributed by atoms with Gasteiger partial charge in [-0.2, -0.15) is 15.5 Å². The van der Waals surface area contributed by atoms with E-state index in [0.717, 1.165) is 0 Å². The lowest BCUT2D eigenvalue weighted by Crippen LogP contribution is -2.25. The molecule has 6 nitrogen and oxygen atoms in total. The van der Waals surface area contributed by atoms with Crippen molar-refractivity contribution >= 4 is 11.8 Å². The summed E-state index contributed by atoms with van der Waals surface area (Å²) in [4.78, 5) is 9.41. The first-order valence-corrected chi connectivity index (χ1v) is 4.27. The number of nitrogens with two attached hydrogens (primary N) is 1. The van der Waals surface area contributed by atoms with Gasteiger partial charge in [-0.1, -0.05) is 0 Å². The summed E-state index contributed by atoms with van der Waals surface area (Å²) in [6.45, 7) is 1.98. The number of aryl methyl sites for hydroxylation is 1. The second kappa shape index (κ2) is 4.77. The number of nitrogens with zero attached hydrogens (tertiary/aromatic N) is 5. The molecule has 1 rings (SSSR count). The van der Waals surface area contributed by atoms with E-state index in [4.69, 9.17) is 16.3 Å². The molecule has 0 spiro atoms. The van der Waals surface area contributed by atoms with Crippen molar-refractivity contribution in [1.82, 2.24) is 9.97 Å². The molecule has 2 N–H and O–H groups in total. The standard InChI is InChI=1S/C9H10N6/c1-7-6-8(14-9(12)13-7)15(4-2-10)5-3-11/h6H,4-5H2,1H3,(H2,12,13,14). The van der Waals surface area contributed by atoms with Crippen LogP contribution in [0.2, 0.25) is 0 Å². The molecule has 0 bridgehead atoms. The lowest BCUT2D eigenvalue weighted by Gasteiger charge is -2.16. The highest BCUT2D eigenvalue weighted by Crippen LogP contribution is 2.12. The normalized spacial score (nSPS) is 9.00. The van der Waals surface area contributed by atoms with E-state index in [1.165, 1.54) is 4.90 Å². The highest BCUT2D eigenvalue weighted by Gasteiger charge is 2.08. The van der Waals surface area contributed by atoms with Crippen LogP contribution in [0.15, 0.2) is 6.07 Å². The molecule has 0 atom stereocenters. The fourth-order valence-corrected chi connectivity index (χ4v) is 1.13. The summed E-state index contributed by atoms with van der Waals surface area (Å²) in [5.74, 6) is 0.647. The first-order chi connectivity index (χ1) is 7.17. The van der Waals surface area contributed by atoms with Gasteiger partial charge >= 0.3 is 0 Å². The Hall–Kier alpha value is -2.34. The summed E-state index contributed by atoms with van der Waals surface area (Å²) in [6.07, 6.45) is 0. The topological polar surface area (TPSA) is 103 Å². The summed E-state index contributed by atoms with van der Waals surface area (Å²) >= 11 is 0. The van der Waals surface area contributed by atoms with Gasteiger partial charge in [0.25, 0.3) is 0 Å². The van der Waals surface area contributed by atoms with Gasteiger partial charge in [0.2, 0.25) is 5.95 Å². The molecule has 6 heteroatoms. The monoisotopic (exact) mass is 202 g/mol. The SMILES string of the molecule is Cc1cc(N(CC#N)CC#N)nc(N)n1. The Morgan fingerprint density at radius 3 is 2.40 bits per heavy atom. The van der Waals surface area contributed by atoms with E-state index in [1.54, 1.807) is 13.0 Å². The molecule has 1 heterocycles. The van der Waals surface area contributed by atoms with Crippen molar-refractivity contribution in [3.8, 4) is 12.1 Å². The summed E-state index contributed by atoms with van der Waals surface area (Å²) in [5, 5.41) is 17.2. The van der Waals surface area contributed by atoms with Crippen molar-refractivity contribution in [3.05, 3.63) is 11.8 Å². The van der Waals surface area contributed by atoms with E-state index < -0.39 is 0 Å². The van der Waals surface area contributed by atoms with Gasteiger partial charge in [-0.25, -0.2) is 4.98 Å². The Morgan fingerprint density at radius 2 is 1.93 bits per heavy atom. The number of hydrogen-bond acceptors (Lipinski definition) is 6. The number of hydrogen-bond donors (Lipinski definition) is 1. The van der Waals surface area contributed by atoms with Crippen LogP contribution in [0.5, 0.6) is 0 Å². The van der Waals surface area contributed by atoms with Crippen LogP contribution >= 0.6 is 0 Å². The maximum Gasteiger partial charge on any atom is 0.222 e. The molecular weight excluding hydrogens is 192 g/mol. The minimum Gasteiger partial charge on any atom is -0.368 e. The molecular formula is C9H10N6. The smallest absolute Gasteiger partial charge is 0.222 e. The van der Waals surface area contributed by atoms with E-state index in [2.05, 4.69) is 9.97 Å². The van der Waals surface area contributed by atoms with Crippen LogP contribution in [0.1, 0.15) is 5.69 Å². The molecule has 0 radical (unpaired) electrons. The van der Waals surface area contributed by atoms with Crippen molar-refractivity contribution in [3.63, 3.8) is 0 Å². The molecule has 0 aliphatic heterocycles. The van der Waals surface area contributed by atoms with Crippen LogP contribution in [0.25, 0.3) is 0 Å². The first kappa shape index (κ1) is 10.7. The van der Waals surface area contributed by atoms with Crippen LogP contribution in [0, 0.1) is 29.6 Å². The van der Waals surface area contributed by atoms with E-state index in [9.17, 15) is 0 Å². The Labute approximate surface area is 87.6 Å². The van der Waals surface area contributed by atoms with Crippen molar-refractivity contribution in [1.29, 1.82) is 10.5 Å². The molecule has 1 aromatic rings. The lowest BCUT2D eigenvalue weighted by atomic mass is 10.4. The maximum absolute atomic E-state index is 8.59. The Bertz CT molecular complexity index is 391. The number of rotatable bonds is 3. The van der Waals surface area contributed by atoms with E-state index in [-0.39, 0.29) is 19.0 Å². The molecule has 0 amide bonds. The van der Waals surface area contributed by atoms with Crippen LogP contribution in [-0.2, 0) is 0 Å². The second-order valence-corrected chi connectivity index (χ2v) is 2.90. The molecule has 0 fully saturated rings. The number of aromatic nitrogens is 2. The zero-order valence-electron chi connectivity index (χ0n) is 8.30. The quantitative estimate of drug-likeness (QED) is 0.703. The summed E-state index contributed by atoms with van der Waals surface area (Å²) in [6, 6.07) is 5.61. The highest BCUT2D eigenvalue weighted by atomic mass is 15.2. The summed E-state index contributed by atoms with van der Waals surface area (Å²) in [7, 11) is 0. The molecule has 76 valence electrons. The molecule has 0 aliphatic carbocycles. The van der Waals surface area contributed by atoms with Crippen molar-refractivity contribution in [2.24, 2.45) is 0 Å². The van der Waals surface area contributed by atoms with Crippen LogP contribution in [0.4, 0.5) is 11.8 Å². The number of nitrogen functional groups attached to an aromatic ring is 1. The van der Waals surface area contributed by atoms with Crippen LogP contribution in [-0.4, -0.2) is 23.1 Å². The molecule has 0 unspecified atom stereocenters. The van der Waals surface area contributed by atoms with E-state index in [1.807, 2.05) is 12.1 Å². The minimum absolute atomic E-state index is 0.101. The first-order valence-electron chi connectivity index (χ1n) is 4.27. The number of anilines is 2. The van der Waals surface area contributed by atoms with Gasteiger partial charge in [-0.05, 0) is 6.92 Å². The fourth-order valence-electron chi connectivity index (χ4n) is 1.13. The zero-order chi connectivity index (χ0) is 11.3. The molecule has 0 saturated heterocycles. The third-order valence-electron chi connectivity index (χ3n) is 1.71. The average molecular weight is 202 g/mol. The molecule has 0 saturated carbocycles. The van der Waals surface area contributed by atoms with Gasteiger partial charge in [-0.15, -0.1) is 0 Å². The predicted molar refractivity (Wildman–Crippen MR) is 54.6 cm³/mol. The Kier molecular flexibility index (Phi) is 3.42. The average Bonchev–Trinajstić information content (AvgIpc) is 2.16.